The molecule has 0 bridgehead atoms. The van der Waals surface area contributed by atoms with E-state index in [1.807, 2.05) is 27.7 Å². The minimum absolute atomic E-state index is 0.250. The number of aromatic nitrogens is 3. The Labute approximate surface area is 108 Å². The number of nitrogens with zero attached hydrogens (tertiary/aromatic N) is 4. The average Bonchev–Trinajstić information content (AvgIpc) is 2.25. The number of hydroxylamine groups is 1. The molecule has 18 heavy (non-hydrogen) atoms. The van der Waals surface area contributed by atoms with Crippen molar-refractivity contribution in [3.8, 4) is 0 Å². The molecule has 2 N–H and O–H groups in total. The van der Waals surface area contributed by atoms with Crippen molar-refractivity contribution >= 4 is 17.8 Å². The molecule has 0 aromatic carbocycles. The van der Waals surface area contributed by atoms with E-state index in [4.69, 9.17) is 4.84 Å². The summed E-state index contributed by atoms with van der Waals surface area (Å²) >= 11 is 0. The third-order valence-electron chi connectivity index (χ3n) is 2.01. The van der Waals surface area contributed by atoms with Crippen LogP contribution >= 0.6 is 0 Å². The van der Waals surface area contributed by atoms with Gasteiger partial charge in [-0.25, -0.2) is 5.06 Å². The Hall–Kier alpha value is -1.63. The molecule has 0 aliphatic heterocycles. The van der Waals surface area contributed by atoms with Crippen LogP contribution < -0.4 is 15.7 Å². The van der Waals surface area contributed by atoms with Gasteiger partial charge in [-0.05, 0) is 27.7 Å². The van der Waals surface area contributed by atoms with Gasteiger partial charge in [-0.1, -0.05) is 0 Å². The minimum atomic E-state index is 0.250. The molecule has 1 rings (SSSR count). The standard InChI is InChI=1S/C11H22N6O/c1-7(2)12-9-14-10(13-8(3)4)16-11(15-9)17(5)18-6/h7-8H,1-6H3,(H2,12,13,14,15,16). The molecule has 1 heterocycles. The molecule has 0 saturated heterocycles. The average molecular weight is 254 g/mol. The van der Waals surface area contributed by atoms with Crippen molar-refractivity contribution in [2.24, 2.45) is 0 Å². The van der Waals surface area contributed by atoms with Gasteiger partial charge in [0.05, 0.1) is 7.11 Å². The van der Waals surface area contributed by atoms with Crippen LogP contribution in [0.5, 0.6) is 0 Å². The van der Waals surface area contributed by atoms with Crippen LogP contribution in [0.4, 0.5) is 17.8 Å². The molecule has 1 aromatic rings. The van der Waals surface area contributed by atoms with E-state index in [0.29, 0.717) is 17.8 Å². The third-order valence-corrected chi connectivity index (χ3v) is 2.01. The summed E-state index contributed by atoms with van der Waals surface area (Å²) in [7, 11) is 3.31. The smallest absolute Gasteiger partial charge is 0.256 e. The van der Waals surface area contributed by atoms with Crippen LogP contribution in [-0.2, 0) is 4.84 Å². The summed E-state index contributed by atoms with van der Waals surface area (Å²) in [5.74, 6) is 1.52. The molecule has 0 radical (unpaired) electrons. The predicted molar refractivity (Wildman–Crippen MR) is 72.8 cm³/mol. The van der Waals surface area contributed by atoms with Crippen molar-refractivity contribution in [3.05, 3.63) is 0 Å². The fraction of sp³-hybridized carbons (Fsp3) is 0.727. The zero-order chi connectivity index (χ0) is 13.7. The van der Waals surface area contributed by atoms with Crippen molar-refractivity contribution in [2.45, 2.75) is 39.8 Å². The topological polar surface area (TPSA) is 75.2 Å². The van der Waals surface area contributed by atoms with E-state index >= 15 is 0 Å². The van der Waals surface area contributed by atoms with Gasteiger partial charge in [0.1, 0.15) is 0 Å². The van der Waals surface area contributed by atoms with Crippen LogP contribution in [0.25, 0.3) is 0 Å². The molecule has 0 atom stereocenters. The van der Waals surface area contributed by atoms with E-state index in [0.717, 1.165) is 0 Å². The van der Waals surface area contributed by atoms with Gasteiger partial charge in [0.2, 0.25) is 11.9 Å². The summed E-state index contributed by atoms with van der Waals surface area (Å²) in [5.41, 5.74) is 0. The maximum Gasteiger partial charge on any atom is 0.256 e. The molecule has 0 aliphatic carbocycles. The lowest BCUT2D eigenvalue weighted by Gasteiger charge is -2.17. The first-order valence-corrected chi connectivity index (χ1v) is 5.99. The Bertz CT molecular complexity index is 354. The molecule has 102 valence electrons. The van der Waals surface area contributed by atoms with Crippen LogP contribution in [0.15, 0.2) is 0 Å². The van der Waals surface area contributed by atoms with E-state index in [9.17, 15) is 0 Å². The van der Waals surface area contributed by atoms with E-state index in [1.54, 1.807) is 14.2 Å². The van der Waals surface area contributed by atoms with Gasteiger partial charge in [-0.15, -0.1) is 0 Å². The summed E-state index contributed by atoms with van der Waals surface area (Å²) in [6.45, 7) is 8.11. The molecule has 0 aliphatic rings. The van der Waals surface area contributed by atoms with E-state index in [-0.39, 0.29) is 12.1 Å². The molecule has 0 unspecified atom stereocenters. The van der Waals surface area contributed by atoms with Gasteiger partial charge in [-0.3, -0.25) is 4.84 Å². The summed E-state index contributed by atoms with van der Waals surface area (Å²) in [4.78, 5) is 17.9. The Balaban J connectivity index is 3.03. The van der Waals surface area contributed by atoms with Gasteiger partial charge in [0.15, 0.2) is 0 Å². The zero-order valence-corrected chi connectivity index (χ0v) is 11.9. The van der Waals surface area contributed by atoms with Gasteiger partial charge in [-0.2, -0.15) is 15.0 Å². The van der Waals surface area contributed by atoms with Gasteiger partial charge in [0.25, 0.3) is 5.95 Å². The highest BCUT2D eigenvalue weighted by molar-refractivity contribution is 5.42. The normalized spacial score (nSPS) is 10.9. The van der Waals surface area contributed by atoms with Gasteiger partial charge < -0.3 is 10.6 Å². The Kier molecular flexibility index (Phi) is 5.08. The molecule has 7 heteroatoms. The van der Waals surface area contributed by atoms with Crippen LogP contribution in [0.3, 0.4) is 0 Å². The lowest BCUT2D eigenvalue weighted by atomic mass is 10.4. The van der Waals surface area contributed by atoms with Crippen LogP contribution in [-0.4, -0.2) is 41.2 Å². The molecule has 7 nitrogen and oxygen atoms in total. The lowest BCUT2D eigenvalue weighted by molar-refractivity contribution is 0.180. The van der Waals surface area contributed by atoms with Crippen LogP contribution in [0.1, 0.15) is 27.7 Å². The lowest BCUT2D eigenvalue weighted by Crippen LogP contribution is -2.22. The van der Waals surface area contributed by atoms with Crippen molar-refractivity contribution in [1.82, 2.24) is 15.0 Å². The summed E-state index contributed by atoms with van der Waals surface area (Å²) < 4.78 is 0. The second kappa shape index (κ2) is 6.34. The Morgan fingerprint density at radius 1 is 0.944 bits per heavy atom. The minimum Gasteiger partial charge on any atom is -0.352 e. The Morgan fingerprint density at radius 3 is 1.72 bits per heavy atom. The fourth-order valence-corrected chi connectivity index (χ4v) is 1.23. The first-order chi connectivity index (χ1) is 8.42. The van der Waals surface area contributed by atoms with Crippen molar-refractivity contribution in [3.63, 3.8) is 0 Å². The summed E-state index contributed by atoms with van der Waals surface area (Å²) in [6, 6.07) is 0.500. The van der Waals surface area contributed by atoms with Crippen LogP contribution in [0.2, 0.25) is 0 Å². The van der Waals surface area contributed by atoms with Crippen molar-refractivity contribution < 1.29 is 4.84 Å². The monoisotopic (exact) mass is 254 g/mol. The maximum atomic E-state index is 5.08. The molecule has 0 fully saturated rings. The molecular formula is C11H22N6O. The van der Waals surface area contributed by atoms with E-state index < -0.39 is 0 Å². The fourth-order valence-electron chi connectivity index (χ4n) is 1.23. The second-order valence-electron chi connectivity index (χ2n) is 4.56. The third kappa shape index (κ3) is 4.33. The number of hydrogen-bond donors (Lipinski definition) is 2. The largest absolute Gasteiger partial charge is 0.352 e. The quantitative estimate of drug-likeness (QED) is 0.745. The van der Waals surface area contributed by atoms with Gasteiger partial charge in [0, 0.05) is 19.1 Å². The van der Waals surface area contributed by atoms with Gasteiger partial charge >= 0.3 is 0 Å². The van der Waals surface area contributed by atoms with Crippen molar-refractivity contribution in [2.75, 3.05) is 29.9 Å². The number of anilines is 3. The van der Waals surface area contributed by atoms with Crippen molar-refractivity contribution in [1.29, 1.82) is 0 Å². The number of rotatable bonds is 6. The maximum absolute atomic E-state index is 5.08. The number of nitrogens with one attached hydrogen (secondary N) is 2. The highest BCUT2D eigenvalue weighted by atomic mass is 16.7. The highest BCUT2D eigenvalue weighted by Crippen LogP contribution is 2.13. The highest BCUT2D eigenvalue weighted by Gasteiger charge is 2.11. The molecule has 1 aromatic heterocycles. The van der Waals surface area contributed by atoms with E-state index in [1.165, 1.54) is 5.06 Å². The molecule has 0 spiro atoms. The first kappa shape index (κ1) is 14.4. The zero-order valence-electron chi connectivity index (χ0n) is 11.9. The van der Waals surface area contributed by atoms with E-state index in [2.05, 4.69) is 25.6 Å². The predicted octanol–water partition coefficient (Wildman–Crippen LogP) is 1.51. The summed E-state index contributed by atoms with van der Waals surface area (Å²) in [5, 5.41) is 7.79. The Morgan fingerprint density at radius 2 is 1.39 bits per heavy atom. The van der Waals surface area contributed by atoms with Crippen LogP contribution in [0, 0.1) is 0 Å². The molecule has 0 saturated carbocycles. The first-order valence-electron chi connectivity index (χ1n) is 5.99. The molecule has 0 amide bonds. The molecular weight excluding hydrogens is 232 g/mol. The number of hydrogen-bond acceptors (Lipinski definition) is 7. The SMILES string of the molecule is CON(C)c1nc(NC(C)C)nc(NC(C)C)n1. The second-order valence-corrected chi connectivity index (χ2v) is 4.56. The summed E-state index contributed by atoms with van der Waals surface area (Å²) in [6.07, 6.45) is 0.